The Morgan fingerprint density at radius 2 is 1.33 bits per heavy atom. The van der Waals surface area contributed by atoms with Gasteiger partial charge in [0, 0.05) is 20.3 Å². The molecule has 0 aliphatic heterocycles. The topological polar surface area (TPSA) is 148 Å². The van der Waals surface area contributed by atoms with Crippen molar-refractivity contribution in [3.63, 3.8) is 0 Å². The Morgan fingerprint density at radius 1 is 1.06 bits per heavy atom. The van der Waals surface area contributed by atoms with Gasteiger partial charge in [0.15, 0.2) is 0 Å². The average Bonchev–Trinajstić information content (AvgIpc) is 2.12. The molecule has 0 saturated heterocycles. The van der Waals surface area contributed by atoms with Crippen LogP contribution >= 0.6 is 15.2 Å². The van der Waals surface area contributed by atoms with Gasteiger partial charge in [0.05, 0.1) is 6.61 Å². The number of aliphatic hydroxyl groups excluding tert-OH is 1. The van der Waals surface area contributed by atoms with Crippen LogP contribution < -0.4 is 0 Å². The fraction of sp³-hybridized carbons (Fsp3) is 1.00. The van der Waals surface area contributed by atoms with Crippen molar-refractivity contribution in [3.05, 3.63) is 0 Å². The van der Waals surface area contributed by atoms with E-state index in [2.05, 4.69) is 4.74 Å². The Bertz CT molecular complexity index is 276. The van der Waals surface area contributed by atoms with Crippen LogP contribution in [0.4, 0.5) is 0 Å². The van der Waals surface area contributed by atoms with Crippen LogP contribution in [0.2, 0.25) is 0 Å². The summed E-state index contributed by atoms with van der Waals surface area (Å²) in [7, 11) is -5.56. The second kappa shape index (κ2) is 9.14. The summed E-state index contributed by atoms with van der Waals surface area (Å²) in [6.07, 6.45) is -1.58. The standard InChI is InChI=1S/C5H15NO7P2.C2H6O/c1-5(2-7)6(3-14(8,9)10)4-15(11,12)13;1-3-2/h5,7H,2-4H2,1H3,(H2,8,9,10)(H2,11,12,13);1-2H3. The maximum Gasteiger partial charge on any atom is 0.339 e. The summed E-state index contributed by atoms with van der Waals surface area (Å²) in [4.78, 5) is 35.5. The third kappa shape index (κ3) is 14.2. The van der Waals surface area contributed by atoms with Gasteiger partial charge in [-0.15, -0.1) is 0 Å². The molecule has 0 rings (SSSR count). The zero-order chi connectivity index (χ0) is 15.0. The Hall–Kier alpha value is 0.180. The molecule has 5 N–H and O–H groups in total. The van der Waals surface area contributed by atoms with E-state index in [4.69, 9.17) is 24.7 Å². The fourth-order valence-electron chi connectivity index (χ4n) is 0.912. The van der Waals surface area contributed by atoms with Gasteiger partial charge >= 0.3 is 15.2 Å². The molecular formula is C7H21NO8P2. The van der Waals surface area contributed by atoms with Crippen LogP contribution in [0.5, 0.6) is 0 Å². The molecule has 1 unspecified atom stereocenters. The van der Waals surface area contributed by atoms with Crippen molar-refractivity contribution in [3.8, 4) is 0 Å². The number of nitrogens with zero attached hydrogens (tertiary/aromatic N) is 1. The van der Waals surface area contributed by atoms with Crippen LogP contribution in [0.15, 0.2) is 0 Å². The van der Waals surface area contributed by atoms with E-state index in [1.54, 1.807) is 14.2 Å². The van der Waals surface area contributed by atoms with Crippen molar-refractivity contribution in [2.75, 3.05) is 33.4 Å². The number of hydrogen-bond acceptors (Lipinski definition) is 5. The molecule has 0 spiro atoms. The predicted molar refractivity (Wildman–Crippen MR) is 65.1 cm³/mol. The van der Waals surface area contributed by atoms with E-state index in [-0.39, 0.29) is 0 Å². The maximum absolute atomic E-state index is 10.7. The molecule has 0 aromatic rings. The van der Waals surface area contributed by atoms with E-state index in [1.807, 2.05) is 0 Å². The van der Waals surface area contributed by atoms with Crippen molar-refractivity contribution in [1.82, 2.24) is 4.90 Å². The third-order valence-corrected chi connectivity index (χ3v) is 3.08. The van der Waals surface area contributed by atoms with Crippen molar-refractivity contribution >= 4 is 15.2 Å². The first-order valence-electron chi connectivity index (χ1n) is 4.81. The van der Waals surface area contributed by atoms with E-state index in [1.165, 1.54) is 6.92 Å². The Labute approximate surface area is 106 Å². The lowest BCUT2D eigenvalue weighted by atomic mass is 10.3. The summed E-state index contributed by atoms with van der Waals surface area (Å²) >= 11 is 0. The highest BCUT2D eigenvalue weighted by molar-refractivity contribution is 7.52. The molecule has 0 amide bonds. The second-order valence-corrected chi connectivity index (χ2v) is 6.87. The lowest BCUT2D eigenvalue weighted by Gasteiger charge is -2.27. The number of rotatable bonds is 6. The van der Waals surface area contributed by atoms with E-state index >= 15 is 0 Å². The minimum Gasteiger partial charge on any atom is -0.395 e. The van der Waals surface area contributed by atoms with Crippen molar-refractivity contribution in [1.29, 1.82) is 0 Å². The summed E-state index contributed by atoms with van der Waals surface area (Å²) < 4.78 is 25.6. The summed E-state index contributed by atoms with van der Waals surface area (Å²) in [6, 6.07) is -0.731. The SMILES string of the molecule is CC(CO)N(CP(=O)(O)O)CP(=O)(O)O.COC. The van der Waals surface area contributed by atoms with Gasteiger partial charge in [0.25, 0.3) is 0 Å². The van der Waals surface area contributed by atoms with Gasteiger partial charge < -0.3 is 29.4 Å². The molecular weight excluding hydrogens is 288 g/mol. The van der Waals surface area contributed by atoms with E-state index in [9.17, 15) is 9.13 Å². The predicted octanol–water partition coefficient (Wildman–Crippen LogP) is -0.798. The minimum atomic E-state index is -4.40. The van der Waals surface area contributed by atoms with Crippen LogP contribution in [0.1, 0.15) is 6.92 Å². The van der Waals surface area contributed by atoms with Crippen LogP contribution in [0, 0.1) is 0 Å². The number of ether oxygens (including phenoxy) is 1. The highest BCUT2D eigenvalue weighted by Crippen LogP contribution is 2.41. The molecule has 9 nitrogen and oxygen atoms in total. The van der Waals surface area contributed by atoms with Gasteiger partial charge in [-0.2, -0.15) is 0 Å². The Balaban J connectivity index is 0. The highest BCUT2D eigenvalue weighted by atomic mass is 31.2. The first-order chi connectivity index (χ1) is 7.96. The average molecular weight is 309 g/mol. The largest absolute Gasteiger partial charge is 0.395 e. The van der Waals surface area contributed by atoms with E-state index in [0.717, 1.165) is 4.90 Å². The van der Waals surface area contributed by atoms with Crippen molar-refractivity contribution in [2.24, 2.45) is 0 Å². The van der Waals surface area contributed by atoms with Crippen LogP contribution in [0.25, 0.3) is 0 Å². The monoisotopic (exact) mass is 309 g/mol. The Morgan fingerprint density at radius 3 is 1.50 bits per heavy atom. The normalized spacial score (nSPS) is 14.1. The molecule has 1 atom stereocenters. The fourth-order valence-corrected chi connectivity index (χ4v) is 2.77. The van der Waals surface area contributed by atoms with Gasteiger partial charge in [-0.25, -0.2) is 0 Å². The van der Waals surface area contributed by atoms with Gasteiger partial charge in [0.1, 0.15) is 12.6 Å². The van der Waals surface area contributed by atoms with Crippen LogP contribution in [0.3, 0.4) is 0 Å². The smallest absolute Gasteiger partial charge is 0.339 e. The number of hydrogen-bond donors (Lipinski definition) is 5. The summed E-state index contributed by atoms with van der Waals surface area (Å²) in [5.74, 6) is 0. The highest BCUT2D eigenvalue weighted by Gasteiger charge is 2.28. The van der Waals surface area contributed by atoms with Crippen molar-refractivity contribution in [2.45, 2.75) is 13.0 Å². The molecule has 0 aliphatic carbocycles. The molecule has 0 fully saturated rings. The van der Waals surface area contributed by atoms with Gasteiger partial charge in [0.2, 0.25) is 0 Å². The molecule has 0 saturated carbocycles. The molecule has 0 aromatic carbocycles. The molecule has 0 bridgehead atoms. The van der Waals surface area contributed by atoms with E-state index < -0.39 is 40.4 Å². The zero-order valence-electron chi connectivity index (χ0n) is 10.5. The van der Waals surface area contributed by atoms with Crippen LogP contribution in [-0.2, 0) is 13.9 Å². The molecule has 18 heavy (non-hydrogen) atoms. The number of aliphatic hydroxyl groups is 1. The zero-order valence-corrected chi connectivity index (χ0v) is 12.3. The van der Waals surface area contributed by atoms with Gasteiger partial charge in [-0.05, 0) is 6.92 Å². The molecule has 11 heteroatoms. The Kier molecular flexibility index (Phi) is 10.4. The first-order valence-corrected chi connectivity index (χ1v) is 8.40. The molecule has 0 aromatic heterocycles. The number of methoxy groups -OCH3 is 1. The second-order valence-electron chi connectivity index (χ2n) is 3.64. The van der Waals surface area contributed by atoms with Gasteiger partial charge in [-0.1, -0.05) is 0 Å². The summed E-state index contributed by atoms with van der Waals surface area (Å²) in [5.41, 5.74) is 0. The molecule has 0 radical (unpaired) electrons. The molecule has 112 valence electrons. The lowest BCUT2D eigenvalue weighted by Crippen LogP contribution is -2.37. The maximum atomic E-state index is 10.7. The van der Waals surface area contributed by atoms with Crippen molar-refractivity contribution < 1.29 is 38.5 Å². The third-order valence-electron chi connectivity index (χ3n) is 1.62. The van der Waals surface area contributed by atoms with E-state index in [0.29, 0.717) is 0 Å². The lowest BCUT2D eigenvalue weighted by molar-refractivity contribution is 0.154. The van der Waals surface area contributed by atoms with Crippen LogP contribution in [-0.4, -0.2) is 69.0 Å². The quantitative estimate of drug-likeness (QED) is 0.398. The molecule has 0 aliphatic rings. The molecule has 0 heterocycles. The first kappa shape index (κ1) is 20.5. The summed E-state index contributed by atoms with van der Waals surface area (Å²) in [5, 5.41) is 8.75. The summed E-state index contributed by atoms with van der Waals surface area (Å²) in [6.45, 7) is 0.964. The van der Waals surface area contributed by atoms with Gasteiger partial charge in [-0.3, -0.25) is 14.0 Å². The minimum absolute atomic E-state index is 0.444.